The highest BCUT2D eigenvalue weighted by atomic mass is 16.6. The number of ether oxygens (including phenoxy) is 1. The van der Waals surface area contributed by atoms with Crippen molar-refractivity contribution in [2.75, 3.05) is 6.61 Å². The van der Waals surface area contributed by atoms with E-state index in [0.29, 0.717) is 13.0 Å². The van der Waals surface area contributed by atoms with Crippen LogP contribution in [0.4, 0.5) is 5.88 Å². The van der Waals surface area contributed by atoms with Gasteiger partial charge in [-0.1, -0.05) is 32.0 Å². The first-order chi connectivity index (χ1) is 15.0. The van der Waals surface area contributed by atoms with E-state index in [1.54, 1.807) is 0 Å². The summed E-state index contributed by atoms with van der Waals surface area (Å²) in [5.74, 6) is -0.524. The summed E-state index contributed by atoms with van der Waals surface area (Å²) in [6, 6.07) is 8.93. The Kier molecular flexibility index (Phi) is 5.60. The number of hydrazone groups is 1. The van der Waals surface area contributed by atoms with Gasteiger partial charge in [0.15, 0.2) is 5.76 Å². The van der Waals surface area contributed by atoms with Gasteiger partial charge in [0.1, 0.15) is 10.5 Å². The van der Waals surface area contributed by atoms with Crippen molar-refractivity contribution in [3.8, 4) is 0 Å². The molecule has 1 amide bonds. The summed E-state index contributed by atoms with van der Waals surface area (Å²) in [4.78, 5) is 26.3. The molecule has 162 valence electrons. The van der Waals surface area contributed by atoms with E-state index in [4.69, 9.17) is 9.15 Å². The molecule has 0 fully saturated rings. The number of para-hydroxylation sites is 1. The molecule has 1 aliphatic rings. The van der Waals surface area contributed by atoms with Gasteiger partial charge in [0.2, 0.25) is 5.91 Å². The van der Waals surface area contributed by atoms with Crippen LogP contribution in [-0.4, -0.2) is 28.6 Å². The van der Waals surface area contributed by atoms with E-state index < -0.39 is 10.5 Å². The minimum absolute atomic E-state index is 0.0976. The quantitative estimate of drug-likeness (QED) is 0.338. The number of furan rings is 1. The Labute approximate surface area is 178 Å². The molecule has 0 spiro atoms. The van der Waals surface area contributed by atoms with Crippen molar-refractivity contribution in [3.63, 3.8) is 0 Å². The maximum Gasteiger partial charge on any atom is 0.433 e. The number of aromatic nitrogens is 1. The second-order valence-corrected chi connectivity index (χ2v) is 7.52. The van der Waals surface area contributed by atoms with Crippen LogP contribution in [-0.2, 0) is 28.0 Å². The summed E-state index contributed by atoms with van der Waals surface area (Å²) in [5.41, 5.74) is 6.21. The monoisotopic (exact) mass is 424 g/mol. The number of aryl methyl sites for hydroxylation is 1. The van der Waals surface area contributed by atoms with Gasteiger partial charge in [-0.05, 0) is 36.5 Å². The third-order valence-electron chi connectivity index (χ3n) is 5.79. The molecule has 2 aromatic heterocycles. The van der Waals surface area contributed by atoms with Crippen LogP contribution in [0.2, 0.25) is 0 Å². The van der Waals surface area contributed by atoms with Crippen molar-refractivity contribution in [2.24, 2.45) is 5.10 Å². The van der Waals surface area contributed by atoms with E-state index in [2.05, 4.69) is 40.6 Å². The van der Waals surface area contributed by atoms with E-state index in [9.17, 15) is 14.9 Å². The van der Waals surface area contributed by atoms with Crippen molar-refractivity contribution in [2.45, 2.75) is 45.1 Å². The van der Waals surface area contributed by atoms with Crippen LogP contribution in [0.5, 0.6) is 0 Å². The lowest BCUT2D eigenvalue weighted by Crippen LogP contribution is -2.39. The van der Waals surface area contributed by atoms with Crippen LogP contribution >= 0.6 is 0 Å². The Morgan fingerprint density at radius 1 is 1.35 bits per heavy atom. The smallest absolute Gasteiger partial charge is 0.400 e. The van der Waals surface area contributed by atoms with Crippen molar-refractivity contribution in [1.29, 1.82) is 0 Å². The van der Waals surface area contributed by atoms with E-state index in [1.807, 2.05) is 6.92 Å². The zero-order chi connectivity index (χ0) is 22.0. The Bertz CT molecular complexity index is 1160. The number of aromatic amines is 1. The number of fused-ring (bicyclic) bond motifs is 3. The van der Waals surface area contributed by atoms with Gasteiger partial charge in [-0.3, -0.25) is 14.9 Å². The second kappa shape index (κ2) is 8.35. The van der Waals surface area contributed by atoms with Crippen molar-refractivity contribution in [1.82, 2.24) is 10.4 Å². The Hall–Kier alpha value is -3.46. The third-order valence-corrected chi connectivity index (χ3v) is 5.79. The number of rotatable bonds is 7. The van der Waals surface area contributed by atoms with Crippen LogP contribution < -0.4 is 5.43 Å². The molecule has 9 nitrogen and oxygen atoms in total. The molecule has 0 radical (unpaired) electrons. The fourth-order valence-corrected chi connectivity index (χ4v) is 4.22. The molecule has 31 heavy (non-hydrogen) atoms. The highest BCUT2D eigenvalue weighted by Crippen LogP contribution is 2.42. The van der Waals surface area contributed by atoms with Gasteiger partial charge in [0.25, 0.3) is 0 Å². The third kappa shape index (κ3) is 3.84. The number of hydrogen-bond donors (Lipinski definition) is 2. The molecule has 1 aromatic carbocycles. The molecule has 2 N–H and O–H groups in total. The SMILES string of the molecule is CCc1cccc2c3c([nH]c12)C(CC)(CC(=O)N/N=C/c1ccc([N+](=O)[O-])o1)OCC3. The number of benzene rings is 1. The summed E-state index contributed by atoms with van der Waals surface area (Å²) >= 11 is 0. The largest absolute Gasteiger partial charge is 0.433 e. The Morgan fingerprint density at radius 3 is 2.90 bits per heavy atom. The van der Waals surface area contributed by atoms with Gasteiger partial charge in [-0.25, -0.2) is 5.43 Å². The maximum atomic E-state index is 12.7. The summed E-state index contributed by atoms with van der Waals surface area (Å²) in [7, 11) is 0. The van der Waals surface area contributed by atoms with E-state index in [1.165, 1.54) is 34.9 Å². The van der Waals surface area contributed by atoms with Crippen LogP contribution in [0.25, 0.3) is 10.9 Å². The first-order valence-corrected chi connectivity index (χ1v) is 10.3. The number of carbonyl (C=O) groups excluding carboxylic acids is 1. The normalized spacial score (nSPS) is 18.4. The number of nitrogens with one attached hydrogen (secondary N) is 2. The Balaban J connectivity index is 1.55. The van der Waals surface area contributed by atoms with Gasteiger partial charge in [0, 0.05) is 10.9 Å². The molecule has 0 aliphatic carbocycles. The molecule has 3 aromatic rings. The maximum absolute atomic E-state index is 12.7. The molecule has 0 saturated heterocycles. The average molecular weight is 424 g/mol. The van der Waals surface area contributed by atoms with E-state index >= 15 is 0 Å². The van der Waals surface area contributed by atoms with E-state index in [0.717, 1.165) is 24.1 Å². The summed E-state index contributed by atoms with van der Waals surface area (Å²) in [5, 5.41) is 15.7. The topological polar surface area (TPSA) is 123 Å². The minimum atomic E-state index is -0.763. The fraction of sp³-hybridized carbons (Fsp3) is 0.364. The van der Waals surface area contributed by atoms with Crippen LogP contribution in [0.15, 0.2) is 39.9 Å². The van der Waals surface area contributed by atoms with Gasteiger partial charge in [0.05, 0.1) is 31.0 Å². The molecule has 1 aliphatic heterocycles. The number of amides is 1. The van der Waals surface area contributed by atoms with Crippen LogP contribution in [0, 0.1) is 10.1 Å². The minimum Gasteiger partial charge on any atom is -0.400 e. The van der Waals surface area contributed by atoms with Crippen molar-refractivity contribution < 1.29 is 18.9 Å². The predicted octanol–water partition coefficient (Wildman–Crippen LogP) is 3.95. The first kappa shape index (κ1) is 20.8. The van der Waals surface area contributed by atoms with Crippen LogP contribution in [0.1, 0.15) is 49.3 Å². The summed E-state index contributed by atoms with van der Waals surface area (Å²) in [6.45, 7) is 4.66. The summed E-state index contributed by atoms with van der Waals surface area (Å²) in [6.07, 6.45) is 3.65. The van der Waals surface area contributed by atoms with Crippen molar-refractivity contribution in [3.05, 3.63) is 63.0 Å². The molecule has 3 heterocycles. The molecule has 1 atom stereocenters. The number of H-pyrrole nitrogens is 1. The molecular formula is C22H24N4O5. The lowest BCUT2D eigenvalue weighted by atomic mass is 9.86. The zero-order valence-corrected chi connectivity index (χ0v) is 17.4. The number of carbonyl (C=O) groups is 1. The van der Waals surface area contributed by atoms with E-state index in [-0.39, 0.29) is 24.0 Å². The second-order valence-electron chi connectivity index (χ2n) is 7.52. The van der Waals surface area contributed by atoms with Gasteiger partial charge in [-0.15, -0.1) is 0 Å². The van der Waals surface area contributed by atoms with Crippen molar-refractivity contribution >= 4 is 28.9 Å². The highest BCUT2D eigenvalue weighted by Gasteiger charge is 2.40. The van der Waals surface area contributed by atoms with Gasteiger partial charge < -0.3 is 14.1 Å². The first-order valence-electron chi connectivity index (χ1n) is 10.3. The number of nitro groups is 1. The molecular weight excluding hydrogens is 400 g/mol. The standard InChI is InChI=1S/C22H24N4O5/c1-3-14-6-5-7-16-17-10-11-30-22(4-2,21(17)24-20(14)16)12-18(27)25-23-13-15-8-9-19(31-15)26(28)29/h5-9,13,24H,3-4,10-12H2,1-2H3,(H,25,27)/b23-13+. The molecule has 1 unspecified atom stereocenters. The average Bonchev–Trinajstić information content (AvgIpc) is 3.39. The predicted molar refractivity (Wildman–Crippen MR) is 115 cm³/mol. The molecule has 4 rings (SSSR count). The number of nitrogens with zero attached hydrogens (tertiary/aromatic N) is 2. The Morgan fingerprint density at radius 2 is 2.19 bits per heavy atom. The molecule has 0 saturated carbocycles. The fourth-order valence-electron chi connectivity index (χ4n) is 4.22. The molecule has 0 bridgehead atoms. The highest BCUT2D eigenvalue weighted by molar-refractivity contribution is 5.88. The molecule has 9 heteroatoms. The lowest BCUT2D eigenvalue weighted by molar-refractivity contribution is -0.402. The summed E-state index contributed by atoms with van der Waals surface area (Å²) < 4.78 is 11.2. The zero-order valence-electron chi connectivity index (χ0n) is 17.4. The number of hydrogen-bond acceptors (Lipinski definition) is 6. The van der Waals surface area contributed by atoms with Gasteiger partial charge >= 0.3 is 5.88 Å². The van der Waals surface area contributed by atoms with Gasteiger partial charge in [-0.2, -0.15) is 5.10 Å². The lowest BCUT2D eigenvalue weighted by Gasteiger charge is -2.36. The van der Waals surface area contributed by atoms with Crippen LogP contribution in [0.3, 0.4) is 0 Å².